The van der Waals surface area contributed by atoms with Crippen LogP contribution in [0.3, 0.4) is 0 Å². The SMILES string of the molecule is CCC(=O)N(O)CC(F)(F)C(F)(F)C(F)(F)S(=O)(=O)O. The van der Waals surface area contributed by atoms with E-state index >= 15 is 0 Å². The number of carbonyl (C=O) groups is 1. The van der Waals surface area contributed by atoms with E-state index in [4.69, 9.17) is 9.76 Å². The van der Waals surface area contributed by atoms with Crippen LogP contribution in [0.4, 0.5) is 26.3 Å². The van der Waals surface area contributed by atoms with Crippen LogP contribution >= 0.6 is 0 Å². The van der Waals surface area contributed by atoms with Crippen molar-refractivity contribution in [3.8, 4) is 0 Å². The van der Waals surface area contributed by atoms with E-state index in [1.165, 1.54) is 0 Å². The standard InChI is InChI=1S/C7H9F6NO5S/c1-2-4(15)14(16)3-5(8,9)6(10,11)7(12,13)20(17,18)19/h16H,2-3H2,1H3,(H,17,18,19). The van der Waals surface area contributed by atoms with Gasteiger partial charge in [-0.2, -0.15) is 34.8 Å². The molecule has 6 nitrogen and oxygen atoms in total. The Bertz CT molecular complexity index is 478. The van der Waals surface area contributed by atoms with E-state index < -0.39 is 51.2 Å². The van der Waals surface area contributed by atoms with Gasteiger partial charge in [0.1, 0.15) is 6.54 Å². The molecule has 2 N–H and O–H groups in total. The molecule has 0 rings (SSSR count). The van der Waals surface area contributed by atoms with Gasteiger partial charge in [-0.25, -0.2) is 5.06 Å². The third-order valence-electron chi connectivity index (χ3n) is 2.09. The molecule has 13 heteroatoms. The fourth-order valence-electron chi connectivity index (χ4n) is 0.933. The van der Waals surface area contributed by atoms with Crippen molar-refractivity contribution in [3.63, 3.8) is 0 Å². The zero-order chi connectivity index (χ0) is 16.6. The third kappa shape index (κ3) is 3.15. The number of nitrogens with zero attached hydrogens (tertiary/aromatic N) is 1. The van der Waals surface area contributed by atoms with E-state index in [-0.39, 0.29) is 0 Å². The summed E-state index contributed by atoms with van der Waals surface area (Å²) < 4.78 is 105. The van der Waals surface area contributed by atoms with Crippen LogP contribution in [0.15, 0.2) is 0 Å². The van der Waals surface area contributed by atoms with Crippen LogP contribution in [-0.2, 0) is 14.9 Å². The van der Waals surface area contributed by atoms with E-state index in [9.17, 15) is 39.6 Å². The van der Waals surface area contributed by atoms with Gasteiger partial charge < -0.3 is 0 Å². The van der Waals surface area contributed by atoms with Crippen molar-refractivity contribution in [2.45, 2.75) is 30.4 Å². The summed E-state index contributed by atoms with van der Waals surface area (Å²) in [7, 11) is -6.85. The molecule has 20 heavy (non-hydrogen) atoms. The molecular formula is C7H9F6NO5S. The minimum atomic E-state index is -6.85. The highest BCUT2D eigenvalue weighted by Crippen LogP contribution is 2.48. The summed E-state index contributed by atoms with van der Waals surface area (Å²) in [6, 6.07) is 0. The van der Waals surface area contributed by atoms with Crippen molar-refractivity contribution < 1.29 is 49.3 Å². The average Bonchev–Trinajstić information content (AvgIpc) is 2.25. The van der Waals surface area contributed by atoms with Crippen LogP contribution in [0.1, 0.15) is 13.3 Å². The molecule has 0 atom stereocenters. The fourth-order valence-corrected chi connectivity index (χ4v) is 1.41. The van der Waals surface area contributed by atoms with Gasteiger partial charge in [0.15, 0.2) is 0 Å². The van der Waals surface area contributed by atoms with Crippen LogP contribution in [0.5, 0.6) is 0 Å². The van der Waals surface area contributed by atoms with Gasteiger partial charge in [0.05, 0.1) is 0 Å². The van der Waals surface area contributed by atoms with E-state index in [1.54, 1.807) is 0 Å². The summed E-state index contributed by atoms with van der Waals surface area (Å²) in [6.45, 7) is -1.54. The first-order valence-corrected chi connectivity index (χ1v) is 6.15. The molecule has 0 aromatic rings. The Labute approximate surface area is 108 Å². The molecule has 1 amide bonds. The molecule has 0 unspecified atom stereocenters. The van der Waals surface area contributed by atoms with E-state index in [0.29, 0.717) is 0 Å². The maximum Gasteiger partial charge on any atom is 0.437 e. The van der Waals surface area contributed by atoms with Crippen molar-refractivity contribution in [2.24, 2.45) is 0 Å². The van der Waals surface area contributed by atoms with E-state index in [2.05, 4.69) is 0 Å². The topological polar surface area (TPSA) is 94.9 Å². The highest BCUT2D eigenvalue weighted by Gasteiger charge is 2.77. The highest BCUT2D eigenvalue weighted by atomic mass is 32.2. The zero-order valence-electron chi connectivity index (χ0n) is 9.66. The second-order valence-electron chi connectivity index (χ2n) is 3.58. The minimum absolute atomic E-state index is 0.604. The molecule has 0 aromatic heterocycles. The van der Waals surface area contributed by atoms with Crippen LogP contribution < -0.4 is 0 Å². The van der Waals surface area contributed by atoms with Gasteiger partial charge in [-0.05, 0) is 0 Å². The Morgan fingerprint density at radius 1 is 1.15 bits per heavy atom. The van der Waals surface area contributed by atoms with Gasteiger partial charge in [0, 0.05) is 6.42 Å². The summed E-state index contributed by atoms with van der Waals surface area (Å²) in [6.07, 6.45) is -0.604. The Balaban J connectivity index is 5.53. The number of halogens is 6. The van der Waals surface area contributed by atoms with E-state index in [1.807, 2.05) is 0 Å². The monoisotopic (exact) mass is 333 g/mol. The molecule has 0 radical (unpaired) electrons. The molecule has 0 aliphatic heterocycles. The van der Waals surface area contributed by atoms with Gasteiger partial charge in [-0.1, -0.05) is 6.92 Å². The fraction of sp³-hybridized carbons (Fsp3) is 0.857. The second-order valence-corrected chi connectivity index (χ2v) is 5.04. The summed E-state index contributed by atoms with van der Waals surface area (Å²) in [4.78, 5) is 10.7. The maximum absolute atomic E-state index is 13.0. The summed E-state index contributed by atoms with van der Waals surface area (Å²) in [5.74, 6) is -13.9. The normalized spacial score (nSPS) is 14.2. The van der Waals surface area contributed by atoms with Gasteiger partial charge >= 0.3 is 27.2 Å². The van der Waals surface area contributed by atoms with Crippen LogP contribution in [0, 0.1) is 0 Å². The number of hydrogen-bond donors (Lipinski definition) is 2. The largest absolute Gasteiger partial charge is 0.437 e. The van der Waals surface area contributed by atoms with Crippen molar-refractivity contribution >= 4 is 16.0 Å². The van der Waals surface area contributed by atoms with Gasteiger partial charge in [-0.15, -0.1) is 0 Å². The summed E-state index contributed by atoms with van der Waals surface area (Å²) >= 11 is 0. The second kappa shape index (κ2) is 5.37. The number of alkyl halides is 6. The molecule has 0 saturated carbocycles. The van der Waals surface area contributed by atoms with Crippen molar-refractivity contribution in [3.05, 3.63) is 0 Å². The molecule has 0 spiro atoms. The lowest BCUT2D eigenvalue weighted by Gasteiger charge is -2.32. The zero-order valence-corrected chi connectivity index (χ0v) is 10.5. The first-order chi connectivity index (χ1) is 8.62. The molecule has 0 aromatic carbocycles. The minimum Gasteiger partial charge on any atom is -0.286 e. The lowest BCUT2D eigenvalue weighted by atomic mass is 10.1. The van der Waals surface area contributed by atoms with Crippen molar-refractivity contribution in [1.29, 1.82) is 0 Å². The molecule has 0 aliphatic carbocycles. The molecule has 0 heterocycles. The number of rotatable bonds is 6. The lowest BCUT2D eigenvalue weighted by Crippen LogP contribution is -2.61. The first kappa shape index (κ1) is 18.9. The summed E-state index contributed by atoms with van der Waals surface area (Å²) in [5, 5.41) is 1.23. The van der Waals surface area contributed by atoms with Crippen LogP contribution in [0.25, 0.3) is 0 Å². The van der Waals surface area contributed by atoms with Gasteiger partial charge in [-0.3, -0.25) is 14.6 Å². The van der Waals surface area contributed by atoms with E-state index in [0.717, 1.165) is 6.92 Å². The smallest absolute Gasteiger partial charge is 0.286 e. The molecule has 0 aliphatic rings. The summed E-state index contributed by atoms with van der Waals surface area (Å²) in [5.41, 5.74) is 0. The Morgan fingerprint density at radius 3 is 1.85 bits per heavy atom. The van der Waals surface area contributed by atoms with Crippen LogP contribution in [0.2, 0.25) is 0 Å². The number of hydroxylamine groups is 2. The highest BCUT2D eigenvalue weighted by molar-refractivity contribution is 7.87. The van der Waals surface area contributed by atoms with Crippen molar-refractivity contribution in [2.75, 3.05) is 6.54 Å². The Kier molecular flexibility index (Phi) is 5.08. The molecule has 0 bridgehead atoms. The maximum atomic E-state index is 13.0. The first-order valence-electron chi connectivity index (χ1n) is 4.71. The quantitative estimate of drug-likeness (QED) is 0.331. The predicted octanol–water partition coefficient (Wildman–Crippen LogP) is 1.37. The number of amides is 1. The Hall–Kier alpha value is -1.08. The average molecular weight is 333 g/mol. The van der Waals surface area contributed by atoms with Gasteiger partial charge in [0.2, 0.25) is 5.91 Å². The number of carbonyl (C=O) groups excluding carboxylic acids is 1. The molecular weight excluding hydrogens is 324 g/mol. The lowest BCUT2D eigenvalue weighted by molar-refractivity contribution is -0.296. The van der Waals surface area contributed by atoms with Crippen molar-refractivity contribution in [1.82, 2.24) is 5.06 Å². The molecule has 120 valence electrons. The van der Waals surface area contributed by atoms with Crippen LogP contribution in [-0.4, -0.2) is 52.8 Å². The molecule has 0 saturated heterocycles. The Morgan fingerprint density at radius 2 is 1.55 bits per heavy atom. The third-order valence-corrected chi connectivity index (χ3v) is 2.99. The molecule has 0 fully saturated rings. The predicted molar refractivity (Wildman–Crippen MR) is 50.2 cm³/mol. The number of hydrogen-bond acceptors (Lipinski definition) is 4. The van der Waals surface area contributed by atoms with Gasteiger partial charge in [0.25, 0.3) is 0 Å².